The first kappa shape index (κ1) is 16.2. The van der Waals surface area contributed by atoms with Gasteiger partial charge in [0.05, 0.1) is 17.2 Å². The van der Waals surface area contributed by atoms with Gasteiger partial charge in [-0.1, -0.05) is 34.8 Å². The molecule has 0 fully saturated rings. The van der Waals surface area contributed by atoms with Gasteiger partial charge in [-0.25, -0.2) is 4.98 Å². The molecule has 1 aromatic heterocycles. The molecule has 1 heterocycles. The maximum Gasteiger partial charge on any atom is 0.340 e. The molecule has 21 heavy (non-hydrogen) atoms. The molecule has 2 aromatic rings. The zero-order chi connectivity index (χ0) is 15.6. The minimum Gasteiger partial charge on any atom is -0.495 e. The number of methoxy groups -OCH3 is 1. The van der Waals surface area contributed by atoms with Gasteiger partial charge in [0.2, 0.25) is 0 Å². The molecule has 0 saturated heterocycles. The van der Waals surface area contributed by atoms with Crippen molar-refractivity contribution in [3.05, 3.63) is 45.5 Å². The molecule has 0 aliphatic heterocycles. The topological polar surface area (TPSA) is 65.5 Å². The third kappa shape index (κ3) is 3.71. The Labute approximate surface area is 136 Å². The number of ether oxygens (including phenoxy) is 1. The molecule has 0 radical (unpaired) electrons. The van der Waals surface area contributed by atoms with E-state index in [1.165, 1.54) is 37.6 Å². The monoisotopic (exact) mass is 367 g/mol. The van der Waals surface area contributed by atoms with Crippen LogP contribution in [0.25, 0.3) is 0 Å². The van der Waals surface area contributed by atoms with Crippen molar-refractivity contribution in [1.82, 2.24) is 4.98 Å². The van der Waals surface area contributed by atoms with Crippen LogP contribution in [0.1, 0.15) is 0 Å². The van der Waals surface area contributed by atoms with Gasteiger partial charge in [0.1, 0.15) is 15.7 Å². The maximum absolute atomic E-state index is 12.2. The van der Waals surface area contributed by atoms with Crippen LogP contribution in [0.2, 0.25) is 15.1 Å². The molecule has 9 heteroatoms. The minimum absolute atomic E-state index is 0.0213. The molecule has 5 nitrogen and oxygen atoms in total. The summed E-state index contributed by atoms with van der Waals surface area (Å²) in [6.45, 7) is 0. The second-order valence-corrected chi connectivity index (χ2v) is 6.57. The smallest absolute Gasteiger partial charge is 0.340 e. The van der Waals surface area contributed by atoms with Crippen LogP contribution in [0.15, 0.2) is 35.4 Å². The summed E-state index contributed by atoms with van der Waals surface area (Å²) in [4.78, 5) is 3.58. The molecular weight excluding hydrogens is 361 g/mol. The zero-order valence-electron chi connectivity index (χ0n) is 10.5. The van der Waals surface area contributed by atoms with E-state index in [1.807, 2.05) is 0 Å². The first-order chi connectivity index (χ1) is 9.83. The van der Waals surface area contributed by atoms with Crippen LogP contribution in [-0.2, 0) is 10.1 Å². The number of benzene rings is 1. The summed E-state index contributed by atoms with van der Waals surface area (Å²) < 4.78 is 34.2. The molecule has 0 saturated carbocycles. The van der Waals surface area contributed by atoms with Crippen molar-refractivity contribution in [2.75, 3.05) is 7.11 Å². The number of hydrogen-bond acceptors (Lipinski definition) is 5. The Bertz CT molecular complexity index is 780. The van der Waals surface area contributed by atoms with Gasteiger partial charge >= 0.3 is 10.1 Å². The van der Waals surface area contributed by atoms with Crippen molar-refractivity contribution in [2.45, 2.75) is 4.90 Å². The molecule has 0 spiro atoms. The van der Waals surface area contributed by atoms with Crippen LogP contribution in [0, 0.1) is 0 Å². The minimum atomic E-state index is -4.13. The van der Waals surface area contributed by atoms with E-state index in [0.717, 1.165) is 0 Å². The van der Waals surface area contributed by atoms with Crippen molar-refractivity contribution in [1.29, 1.82) is 0 Å². The van der Waals surface area contributed by atoms with Gasteiger partial charge in [-0.05, 0) is 18.2 Å². The molecule has 1 aromatic carbocycles. The standard InChI is InChI=1S/C12H8Cl3NO4S/c1-19-11-5-8(2-3-9(11)14)21(17,18)20-12-10(15)4-7(13)6-16-12/h2-6H,1H3. The highest BCUT2D eigenvalue weighted by atomic mass is 35.5. The summed E-state index contributed by atoms with van der Waals surface area (Å²) in [5, 5.41) is 0.518. The summed E-state index contributed by atoms with van der Waals surface area (Å²) in [5.74, 6) is -0.0634. The van der Waals surface area contributed by atoms with Gasteiger partial charge in [-0.3, -0.25) is 0 Å². The molecule has 112 valence electrons. The summed E-state index contributed by atoms with van der Waals surface area (Å²) in [7, 11) is -2.76. The third-order valence-electron chi connectivity index (χ3n) is 2.37. The van der Waals surface area contributed by atoms with E-state index in [4.69, 9.17) is 43.7 Å². The predicted molar refractivity (Wildman–Crippen MR) is 80.1 cm³/mol. The van der Waals surface area contributed by atoms with Gasteiger partial charge < -0.3 is 8.92 Å². The Morgan fingerprint density at radius 3 is 2.43 bits per heavy atom. The quantitative estimate of drug-likeness (QED) is 0.768. The largest absolute Gasteiger partial charge is 0.495 e. The Morgan fingerprint density at radius 1 is 1.10 bits per heavy atom. The first-order valence-electron chi connectivity index (χ1n) is 5.42. The fourth-order valence-electron chi connectivity index (χ4n) is 1.41. The summed E-state index contributed by atoms with van der Waals surface area (Å²) >= 11 is 17.3. The number of rotatable bonds is 4. The fraction of sp³-hybridized carbons (Fsp3) is 0.0833. The zero-order valence-corrected chi connectivity index (χ0v) is 13.6. The summed E-state index contributed by atoms with van der Waals surface area (Å²) in [6, 6.07) is 5.22. The van der Waals surface area contributed by atoms with Crippen molar-refractivity contribution >= 4 is 44.9 Å². The van der Waals surface area contributed by atoms with E-state index in [0.29, 0.717) is 0 Å². The number of aromatic nitrogens is 1. The lowest BCUT2D eigenvalue weighted by atomic mass is 10.3. The Balaban J connectivity index is 2.38. The number of halogens is 3. The SMILES string of the molecule is COc1cc(S(=O)(=O)Oc2ncc(Cl)cc2Cl)ccc1Cl. The summed E-state index contributed by atoms with van der Waals surface area (Å²) in [5.41, 5.74) is 0. The molecule has 0 unspecified atom stereocenters. The van der Waals surface area contributed by atoms with Gasteiger partial charge in [-0.15, -0.1) is 0 Å². The summed E-state index contributed by atoms with van der Waals surface area (Å²) in [6.07, 6.45) is 1.22. The lowest BCUT2D eigenvalue weighted by Gasteiger charge is -2.09. The molecule has 0 aliphatic carbocycles. The number of nitrogens with zero attached hydrogens (tertiary/aromatic N) is 1. The number of pyridine rings is 1. The van der Waals surface area contributed by atoms with Crippen molar-refractivity contribution < 1.29 is 17.3 Å². The third-order valence-corrected chi connectivity index (χ3v) is 4.37. The van der Waals surface area contributed by atoms with Crippen molar-refractivity contribution in [3.63, 3.8) is 0 Å². The van der Waals surface area contributed by atoms with Crippen LogP contribution in [0.4, 0.5) is 0 Å². The van der Waals surface area contributed by atoms with E-state index in [1.54, 1.807) is 0 Å². The normalized spacial score (nSPS) is 11.2. The van der Waals surface area contributed by atoms with Crippen LogP contribution in [0.5, 0.6) is 11.6 Å². The molecule has 2 rings (SSSR count). The highest BCUT2D eigenvalue weighted by molar-refractivity contribution is 7.87. The average molecular weight is 369 g/mol. The fourth-order valence-corrected chi connectivity index (χ4v) is 2.99. The molecule has 0 bridgehead atoms. The first-order valence-corrected chi connectivity index (χ1v) is 7.97. The predicted octanol–water partition coefficient (Wildman–Crippen LogP) is 3.82. The Morgan fingerprint density at radius 2 is 1.81 bits per heavy atom. The van der Waals surface area contributed by atoms with E-state index in [2.05, 4.69) is 4.98 Å². The second-order valence-electron chi connectivity index (χ2n) is 3.77. The van der Waals surface area contributed by atoms with Gasteiger partial charge in [0.25, 0.3) is 5.88 Å². The number of hydrogen-bond donors (Lipinski definition) is 0. The van der Waals surface area contributed by atoms with Crippen molar-refractivity contribution in [3.8, 4) is 11.6 Å². The van der Waals surface area contributed by atoms with Crippen LogP contribution < -0.4 is 8.92 Å². The van der Waals surface area contributed by atoms with Crippen LogP contribution in [-0.4, -0.2) is 20.5 Å². The lowest BCUT2D eigenvalue weighted by molar-refractivity contribution is 0.412. The Hall–Kier alpha value is -1.21. The van der Waals surface area contributed by atoms with E-state index in [9.17, 15) is 8.42 Å². The van der Waals surface area contributed by atoms with Crippen LogP contribution in [0.3, 0.4) is 0 Å². The highest BCUT2D eigenvalue weighted by Crippen LogP contribution is 2.30. The Kier molecular flexibility index (Phi) is 4.83. The second kappa shape index (κ2) is 6.27. The molecule has 0 aliphatic rings. The van der Waals surface area contributed by atoms with E-state index < -0.39 is 10.1 Å². The molecule has 0 atom stereocenters. The average Bonchev–Trinajstić information content (AvgIpc) is 2.42. The highest BCUT2D eigenvalue weighted by Gasteiger charge is 2.21. The maximum atomic E-state index is 12.2. The molecule has 0 amide bonds. The van der Waals surface area contributed by atoms with Crippen molar-refractivity contribution in [2.24, 2.45) is 0 Å². The van der Waals surface area contributed by atoms with E-state index in [-0.39, 0.29) is 31.6 Å². The van der Waals surface area contributed by atoms with Gasteiger partial charge in [0, 0.05) is 12.3 Å². The van der Waals surface area contributed by atoms with Crippen LogP contribution >= 0.6 is 34.8 Å². The lowest BCUT2D eigenvalue weighted by Crippen LogP contribution is -2.11. The van der Waals surface area contributed by atoms with Gasteiger partial charge in [0.15, 0.2) is 0 Å². The van der Waals surface area contributed by atoms with E-state index >= 15 is 0 Å². The van der Waals surface area contributed by atoms with Gasteiger partial charge in [-0.2, -0.15) is 8.42 Å². The molecular formula is C12H8Cl3NO4S. The molecule has 0 N–H and O–H groups in total.